The summed E-state index contributed by atoms with van der Waals surface area (Å²) in [5.41, 5.74) is 1.82. The van der Waals surface area contributed by atoms with E-state index in [4.69, 9.17) is 4.74 Å². The maximum Gasteiger partial charge on any atom is 0.256 e. The number of rotatable bonds is 3. The van der Waals surface area contributed by atoms with Crippen molar-refractivity contribution in [3.05, 3.63) is 71.5 Å². The van der Waals surface area contributed by atoms with E-state index in [-0.39, 0.29) is 11.7 Å². The number of carbonyl (C=O) groups excluding carboxylic acids is 1. The van der Waals surface area contributed by atoms with Crippen LogP contribution in [0, 0.1) is 12.7 Å². The van der Waals surface area contributed by atoms with Crippen molar-refractivity contribution >= 4 is 22.4 Å². The number of fused-ring (bicyclic) bond motifs is 1. The largest absolute Gasteiger partial charge is 0.496 e. The third-order valence-corrected chi connectivity index (χ3v) is 3.79. The number of hydrogen-bond acceptors (Lipinski definition) is 2. The van der Waals surface area contributed by atoms with Gasteiger partial charge in [-0.1, -0.05) is 24.3 Å². The molecule has 0 saturated carbocycles. The number of carbonyl (C=O) groups is 1. The van der Waals surface area contributed by atoms with Gasteiger partial charge in [0.05, 0.1) is 7.11 Å². The molecule has 0 bridgehead atoms. The van der Waals surface area contributed by atoms with Crippen LogP contribution in [0.5, 0.6) is 5.75 Å². The van der Waals surface area contributed by atoms with Gasteiger partial charge in [0, 0.05) is 16.6 Å². The topological polar surface area (TPSA) is 38.3 Å². The number of nitrogens with one attached hydrogen (secondary N) is 1. The lowest BCUT2D eigenvalue weighted by molar-refractivity contribution is 0.102. The van der Waals surface area contributed by atoms with E-state index in [0.717, 1.165) is 16.5 Å². The Balaban J connectivity index is 2.01. The highest BCUT2D eigenvalue weighted by Crippen LogP contribution is 2.29. The van der Waals surface area contributed by atoms with Crippen LogP contribution in [-0.2, 0) is 0 Å². The lowest BCUT2D eigenvalue weighted by Gasteiger charge is -2.12. The molecule has 3 rings (SSSR count). The average Bonchev–Trinajstić information content (AvgIpc) is 2.56. The monoisotopic (exact) mass is 309 g/mol. The first-order valence-electron chi connectivity index (χ1n) is 7.23. The van der Waals surface area contributed by atoms with Gasteiger partial charge in [-0.2, -0.15) is 0 Å². The number of benzene rings is 3. The highest BCUT2D eigenvalue weighted by atomic mass is 19.1. The fraction of sp³-hybridized carbons (Fsp3) is 0.105. The molecule has 0 aliphatic rings. The van der Waals surface area contributed by atoms with Gasteiger partial charge in [-0.3, -0.25) is 4.79 Å². The van der Waals surface area contributed by atoms with Gasteiger partial charge in [0.1, 0.15) is 11.6 Å². The van der Waals surface area contributed by atoms with Crippen molar-refractivity contribution in [2.24, 2.45) is 0 Å². The Labute approximate surface area is 133 Å². The number of hydrogen-bond donors (Lipinski definition) is 1. The van der Waals surface area contributed by atoms with Crippen LogP contribution in [0.25, 0.3) is 10.8 Å². The Morgan fingerprint density at radius 1 is 1.04 bits per heavy atom. The highest BCUT2D eigenvalue weighted by molar-refractivity contribution is 6.14. The van der Waals surface area contributed by atoms with Crippen LogP contribution >= 0.6 is 0 Å². The Morgan fingerprint density at radius 2 is 1.78 bits per heavy atom. The number of halogens is 1. The van der Waals surface area contributed by atoms with Crippen molar-refractivity contribution in [2.45, 2.75) is 6.92 Å². The fourth-order valence-electron chi connectivity index (χ4n) is 2.60. The van der Waals surface area contributed by atoms with E-state index in [0.29, 0.717) is 16.8 Å². The van der Waals surface area contributed by atoms with Gasteiger partial charge < -0.3 is 10.1 Å². The molecule has 0 heterocycles. The van der Waals surface area contributed by atoms with E-state index in [1.807, 2.05) is 24.3 Å². The molecule has 0 unspecified atom stereocenters. The second kappa shape index (κ2) is 6.08. The van der Waals surface area contributed by atoms with Crippen LogP contribution in [0.4, 0.5) is 10.1 Å². The van der Waals surface area contributed by atoms with E-state index in [1.54, 1.807) is 32.2 Å². The summed E-state index contributed by atoms with van der Waals surface area (Å²) in [6, 6.07) is 15.4. The molecule has 23 heavy (non-hydrogen) atoms. The van der Waals surface area contributed by atoms with Crippen molar-refractivity contribution in [3.63, 3.8) is 0 Å². The summed E-state index contributed by atoms with van der Waals surface area (Å²) in [7, 11) is 1.60. The lowest BCUT2D eigenvalue weighted by Crippen LogP contribution is -2.13. The fourth-order valence-corrected chi connectivity index (χ4v) is 2.60. The molecule has 3 nitrogen and oxygen atoms in total. The number of methoxy groups -OCH3 is 1. The molecule has 4 heteroatoms. The third-order valence-electron chi connectivity index (χ3n) is 3.79. The summed E-state index contributed by atoms with van der Waals surface area (Å²) in [6.07, 6.45) is 0. The molecular formula is C19H16FNO2. The predicted octanol–water partition coefficient (Wildman–Crippen LogP) is 4.55. The molecule has 3 aromatic rings. The van der Waals surface area contributed by atoms with Crippen LogP contribution in [-0.4, -0.2) is 13.0 Å². The maximum absolute atomic E-state index is 13.2. The first-order chi connectivity index (χ1) is 11.1. The van der Waals surface area contributed by atoms with Gasteiger partial charge in [-0.25, -0.2) is 4.39 Å². The second-order valence-corrected chi connectivity index (χ2v) is 5.27. The van der Waals surface area contributed by atoms with Crippen molar-refractivity contribution in [2.75, 3.05) is 12.4 Å². The minimum atomic E-state index is -0.324. The zero-order chi connectivity index (χ0) is 16.4. The normalized spacial score (nSPS) is 10.6. The van der Waals surface area contributed by atoms with Crippen molar-refractivity contribution < 1.29 is 13.9 Å². The van der Waals surface area contributed by atoms with E-state index >= 15 is 0 Å². The quantitative estimate of drug-likeness (QED) is 0.771. The first kappa shape index (κ1) is 15.0. The van der Waals surface area contributed by atoms with Crippen LogP contribution < -0.4 is 10.1 Å². The minimum absolute atomic E-state index is 0.237. The highest BCUT2D eigenvalue weighted by Gasteiger charge is 2.13. The van der Waals surface area contributed by atoms with Gasteiger partial charge in [0.15, 0.2) is 0 Å². The Morgan fingerprint density at radius 3 is 2.48 bits per heavy atom. The molecule has 1 N–H and O–H groups in total. The third kappa shape index (κ3) is 2.88. The molecule has 116 valence electrons. The molecule has 0 aromatic heterocycles. The molecule has 0 fully saturated rings. The molecule has 0 atom stereocenters. The van der Waals surface area contributed by atoms with Crippen LogP contribution in [0.3, 0.4) is 0 Å². The van der Waals surface area contributed by atoms with E-state index < -0.39 is 0 Å². The number of ether oxygens (including phenoxy) is 1. The van der Waals surface area contributed by atoms with E-state index in [2.05, 4.69) is 5.32 Å². The molecule has 0 saturated heterocycles. The molecule has 0 aliphatic heterocycles. The van der Waals surface area contributed by atoms with E-state index in [1.165, 1.54) is 12.1 Å². The molecule has 0 aliphatic carbocycles. The zero-order valence-electron chi connectivity index (χ0n) is 12.9. The van der Waals surface area contributed by atoms with Crippen molar-refractivity contribution in [1.82, 2.24) is 0 Å². The molecule has 0 spiro atoms. The van der Waals surface area contributed by atoms with Gasteiger partial charge in [0.2, 0.25) is 0 Å². The first-order valence-corrected chi connectivity index (χ1v) is 7.23. The lowest BCUT2D eigenvalue weighted by atomic mass is 10.0. The van der Waals surface area contributed by atoms with E-state index in [9.17, 15) is 9.18 Å². The van der Waals surface area contributed by atoms with Crippen molar-refractivity contribution in [1.29, 1.82) is 0 Å². The van der Waals surface area contributed by atoms with Crippen LogP contribution in [0.1, 0.15) is 15.9 Å². The SMILES string of the molecule is COc1ccc(C(=O)Nc2ccc(F)cc2C)c2ccccc12. The molecular weight excluding hydrogens is 293 g/mol. The van der Waals surface area contributed by atoms with Gasteiger partial charge in [-0.05, 0) is 48.2 Å². The van der Waals surface area contributed by atoms with Crippen LogP contribution in [0.2, 0.25) is 0 Å². The summed E-state index contributed by atoms with van der Waals surface area (Å²) in [5, 5.41) is 4.52. The summed E-state index contributed by atoms with van der Waals surface area (Å²) < 4.78 is 18.5. The minimum Gasteiger partial charge on any atom is -0.496 e. The smallest absolute Gasteiger partial charge is 0.256 e. The number of amides is 1. The van der Waals surface area contributed by atoms with Crippen LogP contribution in [0.15, 0.2) is 54.6 Å². The second-order valence-electron chi connectivity index (χ2n) is 5.27. The number of anilines is 1. The Hall–Kier alpha value is -2.88. The molecule has 1 amide bonds. The molecule has 0 radical (unpaired) electrons. The Kier molecular flexibility index (Phi) is 3.98. The summed E-state index contributed by atoms with van der Waals surface area (Å²) >= 11 is 0. The molecule has 3 aromatic carbocycles. The Bertz CT molecular complexity index is 890. The average molecular weight is 309 g/mol. The van der Waals surface area contributed by atoms with Crippen molar-refractivity contribution in [3.8, 4) is 5.75 Å². The number of aryl methyl sites for hydroxylation is 1. The summed E-state index contributed by atoms with van der Waals surface area (Å²) in [6.45, 7) is 1.75. The summed E-state index contributed by atoms with van der Waals surface area (Å²) in [4.78, 5) is 12.6. The predicted molar refractivity (Wildman–Crippen MR) is 89.6 cm³/mol. The van der Waals surface area contributed by atoms with Gasteiger partial charge in [-0.15, -0.1) is 0 Å². The summed E-state index contributed by atoms with van der Waals surface area (Å²) in [5.74, 6) is 0.157. The van der Waals surface area contributed by atoms with Gasteiger partial charge in [0.25, 0.3) is 5.91 Å². The van der Waals surface area contributed by atoms with Gasteiger partial charge >= 0.3 is 0 Å². The standard InChI is InChI=1S/C19H16FNO2/c1-12-11-13(20)7-9-17(12)21-19(22)16-8-10-18(23-2)15-6-4-3-5-14(15)16/h3-11H,1-2H3,(H,21,22). The zero-order valence-corrected chi connectivity index (χ0v) is 12.9. The maximum atomic E-state index is 13.2.